The van der Waals surface area contributed by atoms with E-state index in [1.165, 1.54) is 18.8 Å². The molecule has 1 heterocycles. The molecule has 0 amide bonds. The Morgan fingerprint density at radius 1 is 1.41 bits per heavy atom. The van der Waals surface area contributed by atoms with E-state index in [1.807, 2.05) is 0 Å². The molecular formula is C11H19N3O2S. The highest BCUT2D eigenvalue weighted by Gasteiger charge is 2.30. The van der Waals surface area contributed by atoms with Gasteiger partial charge < -0.3 is 0 Å². The standard InChI is InChI=1S/C11H19N3O2S/c1-8-4-3-5-11(9(8)2)14-17(15,16)10-6-12-13-7-10/h6-9,11,14H,3-5H2,1-2H3,(H,12,13). The summed E-state index contributed by atoms with van der Waals surface area (Å²) in [4.78, 5) is 0.211. The average molecular weight is 257 g/mol. The van der Waals surface area contributed by atoms with Crippen LogP contribution in [0.4, 0.5) is 0 Å². The third kappa shape index (κ3) is 2.69. The number of hydrogen-bond donors (Lipinski definition) is 2. The van der Waals surface area contributed by atoms with Gasteiger partial charge in [-0.2, -0.15) is 5.10 Å². The second kappa shape index (κ2) is 4.78. The monoisotopic (exact) mass is 257 g/mol. The number of aromatic nitrogens is 2. The smallest absolute Gasteiger partial charge is 0.243 e. The van der Waals surface area contributed by atoms with Crippen molar-refractivity contribution < 1.29 is 8.42 Å². The molecule has 0 spiro atoms. The Kier molecular flexibility index (Phi) is 3.53. The molecule has 1 aromatic rings. The van der Waals surface area contributed by atoms with Crippen LogP contribution >= 0.6 is 0 Å². The Hall–Kier alpha value is -0.880. The van der Waals surface area contributed by atoms with Gasteiger partial charge in [-0.1, -0.05) is 26.7 Å². The molecule has 1 saturated carbocycles. The molecule has 17 heavy (non-hydrogen) atoms. The fourth-order valence-corrected chi connectivity index (χ4v) is 3.67. The van der Waals surface area contributed by atoms with E-state index in [-0.39, 0.29) is 10.9 Å². The van der Waals surface area contributed by atoms with Gasteiger partial charge in [-0.15, -0.1) is 0 Å². The van der Waals surface area contributed by atoms with E-state index < -0.39 is 10.0 Å². The van der Waals surface area contributed by atoms with Crippen molar-refractivity contribution >= 4 is 10.0 Å². The second-order valence-electron chi connectivity index (χ2n) is 4.93. The summed E-state index contributed by atoms with van der Waals surface area (Å²) in [5.41, 5.74) is 0. The number of nitrogens with one attached hydrogen (secondary N) is 2. The van der Waals surface area contributed by atoms with E-state index >= 15 is 0 Å². The van der Waals surface area contributed by atoms with Gasteiger partial charge in [-0.05, 0) is 18.3 Å². The van der Waals surface area contributed by atoms with E-state index in [4.69, 9.17) is 0 Å². The van der Waals surface area contributed by atoms with Gasteiger partial charge in [0.2, 0.25) is 10.0 Å². The largest absolute Gasteiger partial charge is 0.284 e. The van der Waals surface area contributed by atoms with Crippen LogP contribution in [0.2, 0.25) is 0 Å². The summed E-state index contributed by atoms with van der Waals surface area (Å²) in [5.74, 6) is 0.950. The van der Waals surface area contributed by atoms with Crippen LogP contribution in [0.3, 0.4) is 0 Å². The predicted octanol–water partition coefficient (Wildman–Crippen LogP) is 1.51. The van der Waals surface area contributed by atoms with E-state index in [1.54, 1.807) is 0 Å². The van der Waals surface area contributed by atoms with Crippen molar-refractivity contribution in [1.82, 2.24) is 14.9 Å². The van der Waals surface area contributed by atoms with Crippen LogP contribution in [-0.4, -0.2) is 24.7 Å². The molecule has 3 unspecified atom stereocenters. The summed E-state index contributed by atoms with van der Waals surface area (Å²) in [6.07, 6.45) is 5.93. The molecule has 6 heteroatoms. The number of sulfonamides is 1. The molecule has 0 bridgehead atoms. The first-order valence-corrected chi connectivity index (χ1v) is 7.50. The molecule has 0 radical (unpaired) electrons. The molecule has 0 aliphatic heterocycles. The fourth-order valence-electron chi connectivity index (χ4n) is 2.40. The Labute approximate surface area is 102 Å². The summed E-state index contributed by atoms with van der Waals surface area (Å²) < 4.78 is 26.9. The summed E-state index contributed by atoms with van der Waals surface area (Å²) in [5, 5.41) is 6.20. The molecule has 2 N–H and O–H groups in total. The van der Waals surface area contributed by atoms with Crippen LogP contribution in [-0.2, 0) is 10.0 Å². The molecule has 1 aliphatic carbocycles. The lowest BCUT2D eigenvalue weighted by atomic mass is 9.78. The normalized spacial score (nSPS) is 30.4. The minimum absolute atomic E-state index is 0.0404. The van der Waals surface area contributed by atoms with Crippen molar-refractivity contribution in [3.63, 3.8) is 0 Å². The van der Waals surface area contributed by atoms with Crippen LogP contribution in [0.5, 0.6) is 0 Å². The van der Waals surface area contributed by atoms with E-state index in [0.717, 1.165) is 12.8 Å². The first kappa shape index (κ1) is 12.6. The molecule has 96 valence electrons. The van der Waals surface area contributed by atoms with Gasteiger partial charge in [-0.25, -0.2) is 13.1 Å². The van der Waals surface area contributed by atoms with Crippen molar-refractivity contribution in [2.75, 3.05) is 0 Å². The molecule has 0 saturated heterocycles. The van der Waals surface area contributed by atoms with Gasteiger partial charge in [0, 0.05) is 12.2 Å². The van der Waals surface area contributed by atoms with Crippen molar-refractivity contribution in [3.8, 4) is 0 Å². The predicted molar refractivity (Wildman–Crippen MR) is 64.9 cm³/mol. The zero-order valence-corrected chi connectivity index (χ0v) is 11.0. The summed E-state index contributed by atoms with van der Waals surface area (Å²) in [7, 11) is -3.42. The average Bonchev–Trinajstić information content (AvgIpc) is 2.78. The third-order valence-electron chi connectivity index (χ3n) is 3.80. The lowest BCUT2D eigenvalue weighted by Gasteiger charge is -2.34. The topological polar surface area (TPSA) is 74.8 Å². The lowest BCUT2D eigenvalue weighted by molar-refractivity contribution is 0.227. The minimum Gasteiger partial charge on any atom is -0.284 e. The maximum atomic E-state index is 12.0. The van der Waals surface area contributed by atoms with Gasteiger partial charge in [0.1, 0.15) is 4.90 Å². The second-order valence-corrected chi connectivity index (χ2v) is 6.64. The fraction of sp³-hybridized carbons (Fsp3) is 0.727. The van der Waals surface area contributed by atoms with Crippen LogP contribution in [0.15, 0.2) is 17.3 Å². The van der Waals surface area contributed by atoms with E-state index in [0.29, 0.717) is 11.8 Å². The van der Waals surface area contributed by atoms with Crippen LogP contribution in [0, 0.1) is 11.8 Å². The highest BCUT2D eigenvalue weighted by molar-refractivity contribution is 7.89. The maximum Gasteiger partial charge on any atom is 0.243 e. The lowest BCUT2D eigenvalue weighted by Crippen LogP contribution is -2.43. The highest BCUT2D eigenvalue weighted by atomic mass is 32.2. The first-order chi connectivity index (χ1) is 8.00. The van der Waals surface area contributed by atoms with Gasteiger partial charge in [-0.3, -0.25) is 5.10 Å². The quantitative estimate of drug-likeness (QED) is 0.862. The molecular weight excluding hydrogens is 238 g/mol. The molecule has 5 nitrogen and oxygen atoms in total. The van der Waals surface area contributed by atoms with Gasteiger partial charge in [0.05, 0.1) is 6.20 Å². The Morgan fingerprint density at radius 3 is 2.82 bits per heavy atom. The van der Waals surface area contributed by atoms with Crippen LogP contribution in [0.1, 0.15) is 33.1 Å². The number of H-pyrrole nitrogens is 1. The first-order valence-electron chi connectivity index (χ1n) is 6.02. The SMILES string of the molecule is CC1CCCC(NS(=O)(=O)c2cn[nH]c2)C1C. The third-order valence-corrected chi connectivity index (χ3v) is 5.25. The molecule has 1 fully saturated rings. The summed E-state index contributed by atoms with van der Waals surface area (Å²) in [6.45, 7) is 4.30. The molecule has 3 atom stereocenters. The number of nitrogens with zero attached hydrogens (tertiary/aromatic N) is 1. The zero-order chi connectivity index (χ0) is 12.5. The summed E-state index contributed by atoms with van der Waals surface area (Å²) >= 11 is 0. The highest BCUT2D eigenvalue weighted by Crippen LogP contribution is 2.30. The molecule has 0 aromatic carbocycles. The Bertz CT molecular complexity index is 455. The van der Waals surface area contributed by atoms with Gasteiger partial charge in [0.15, 0.2) is 0 Å². The van der Waals surface area contributed by atoms with Crippen molar-refractivity contribution in [2.45, 2.75) is 44.0 Å². The minimum atomic E-state index is -3.42. The molecule has 2 rings (SSSR count). The summed E-state index contributed by atoms with van der Waals surface area (Å²) in [6, 6.07) is 0.0404. The van der Waals surface area contributed by atoms with E-state index in [9.17, 15) is 8.42 Å². The van der Waals surface area contributed by atoms with Gasteiger partial charge >= 0.3 is 0 Å². The zero-order valence-electron chi connectivity index (χ0n) is 10.2. The van der Waals surface area contributed by atoms with Crippen molar-refractivity contribution in [2.24, 2.45) is 11.8 Å². The maximum absolute atomic E-state index is 12.0. The number of aromatic amines is 1. The van der Waals surface area contributed by atoms with Crippen LogP contribution < -0.4 is 4.72 Å². The van der Waals surface area contributed by atoms with Crippen molar-refractivity contribution in [1.29, 1.82) is 0 Å². The number of hydrogen-bond acceptors (Lipinski definition) is 3. The Morgan fingerprint density at radius 2 is 2.18 bits per heavy atom. The van der Waals surface area contributed by atoms with E-state index in [2.05, 4.69) is 28.8 Å². The number of rotatable bonds is 3. The van der Waals surface area contributed by atoms with Crippen molar-refractivity contribution in [3.05, 3.63) is 12.4 Å². The molecule has 1 aliphatic rings. The van der Waals surface area contributed by atoms with Crippen LogP contribution in [0.25, 0.3) is 0 Å². The molecule has 1 aromatic heterocycles. The Balaban J connectivity index is 2.11. The van der Waals surface area contributed by atoms with Gasteiger partial charge in [0.25, 0.3) is 0 Å².